The number of carboxylic acid groups (broad SMARTS) is 1. The molecule has 5 heteroatoms. The molecule has 0 aliphatic carbocycles. The lowest BCUT2D eigenvalue weighted by Gasteiger charge is -2.10. The van der Waals surface area contributed by atoms with Crippen molar-refractivity contribution in [1.82, 2.24) is 0 Å². The fourth-order valence-corrected chi connectivity index (χ4v) is 1.83. The molecule has 2 aromatic carbocycles. The van der Waals surface area contributed by atoms with Crippen LogP contribution in [0.5, 0.6) is 17.2 Å². The van der Waals surface area contributed by atoms with Crippen LogP contribution in [0, 0.1) is 0 Å². The van der Waals surface area contributed by atoms with Gasteiger partial charge in [-0.1, -0.05) is 11.6 Å². The Labute approximate surface area is 127 Å². The molecule has 0 aliphatic heterocycles. The van der Waals surface area contributed by atoms with Crippen LogP contribution < -0.4 is 9.47 Å². The molecule has 0 heterocycles. The Kier molecular flexibility index (Phi) is 4.85. The SMILES string of the molecule is COc1ccc(Oc2cc(Cl)ccc2/C=C/C(=O)O)cc1. The summed E-state index contributed by atoms with van der Waals surface area (Å²) < 4.78 is 10.8. The number of rotatable bonds is 5. The maximum absolute atomic E-state index is 10.6. The average Bonchev–Trinajstić information content (AvgIpc) is 2.47. The number of methoxy groups -OCH3 is 1. The minimum atomic E-state index is -1.03. The second-order valence-electron chi connectivity index (χ2n) is 4.13. The molecule has 2 rings (SSSR count). The van der Waals surface area contributed by atoms with Gasteiger partial charge in [-0.2, -0.15) is 0 Å². The van der Waals surface area contributed by atoms with E-state index in [-0.39, 0.29) is 0 Å². The summed E-state index contributed by atoms with van der Waals surface area (Å²) in [6, 6.07) is 12.0. The van der Waals surface area contributed by atoms with Crippen LogP contribution in [0.25, 0.3) is 6.08 Å². The molecular formula is C16H13ClO4. The summed E-state index contributed by atoms with van der Waals surface area (Å²) >= 11 is 5.95. The summed E-state index contributed by atoms with van der Waals surface area (Å²) in [5.74, 6) is 0.771. The first-order valence-corrected chi connectivity index (χ1v) is 6.49. The van der Waals surface area contributed by atoms with Crippen LogP contribution >= 0.6 is 11.6 Å². The van der Waals surface area contributed by atoms with Crippen LogP contribution in [0.15, 0.2) is 48.5 Å². The highest BCUT2D eigenvalue weighted by Gasteiger charge is 2.05. The van der Waals surface area contributed by atoms with Gasteiger partial charge in [-0.3, -0.25) is 0 Å². The summed E-state index contributed by atoms with van der Waals surface area (Å²) in [4.78, 5) is 10.6. The Morgan fingerprint density at radius 1 is 1.14 bits per heavy atom. The van der Waals surface area contributed by atoms with Gasteiger partial charge in [0.15, 0.2) is 0 Å². The molecule has 0 atom stereocenters. The van der Waals surface area contributed by atoms with Crippen molar-refractivity contribution in [2.75, 3.05) is 7.11 Å². The first-order valence-electron chi connectivity index (χ1n) is 6.11. The second-order valence-corrected chi connectivity index (χ2v) is 4.57. The topological polar surface area (TPSA) is 55.8 Å². The predicted octanol–water partition coefficient (Wildman–Crippen LogP) is 4.24. The van der Waals surface area contributed by atoms with Crippen molar-refractivity contribution in [2.24, 2.45) is 0 Å². The molecule has 21 heavy (non-hydrogen) atoms. The number of hydrogen-bond donors (Lipinski definition) is 1. The van der Waals surface area contributed by atoms with E-state index < -0.39 is 5.97 Å². The molecule has 2 aromatic rings. The number of aliphatic carboxylic acids is 1. The van der Waals surface area contributed by atoms with Gasteiger partial charge >= 0.3 is 5.97 Å². The first-order chi connectivity index (χ1) is 10.1. The molecule has 0 unspecified atom stereocenters. The van der Waals surface area contributed by atoms with Crippen LogP contribution in [-0.4, -0.2) is 18.2 Å². The standard InChI is InChI=1S/C16H13ClO4/c1-20-13-5-7-14(8-6-13)21-15-10-12(17)4-2-11(15)3-9-16(18)19/h2-10H,1H3,(H,18,19)/b9-3+. The lowest BCUT2D eigenvalue weighted by Crippen LogP contribution is -1.90. The van der Waals surface area contributed by atoms with Gasteiger partial charge in [-0.25, -0.2) is 4.79 Å². The molecule has 4 nitrogen and oxygen atoms in total. The van der Waals surface area contributed by atoms with Gasteiger partial charge in [-0.05, 0) is 42.5 Å². The van der Waals surface area contributed by atoms with Crippen molar-refractivity contribution in [3.05, 3.63) is 59.1 Å². The lowest BCUT2D eigenvalue weighted by molar-refractivity contribution is -0.131. The molecule has 0 amide bonds. The van der Waals surface area contributed by atoms with E-state index in [9.17, 15) is 4.79 Å². The van der Waals surface area contributed by atoms with E-state index in [4.69, 9.17) is 26.2 Å². The number of carbonyl (C=O) groups is 1. The molecule has 0 saturated heterocycles. The zero-order chi connectivity index (χ0) is 15.2. The van der Waals surface area contributed by atoms with E-state index in [1.165, 1.54) is 6.08 Å². The summed E-state index contributed by atoms with van der Waals surface area (Å²) in [5, 5.41) is 9.21. The van der Waals surface area contributed by atoms with Gasteiger partial charge in [0.1, 0.15) is 17.2 Å². The Balaban J connectivity index is 2.28. The van der Waals surface area contributed by atoms with Crippen LogP contribution in [0.1, 0.15) is 5.56 Å². The molecule has 0 bridgehead atoms. The molecule has 0 aliphatic rings. The van der Waals surface area contributed by atoms with E-state index in [1.54, 1.807) is 49.6 Å². The summed E-state index contributed by atoms with van der Waals surface area (Å²) in [5.41, 5.74) is 0.623. The van der Waals surface area contributed by atoms with Crippen molar-refractivity contribution in [3.63, 3.8) is 0 Å². The molecular weight excluding hydrogens is 292 g/mol. The zero-order valence-corrected chi connectivity index (χ0v) is 12.0. The molecule has 0 saturated carbocycles. The maximum atomic E-state index is 10.6. The number of benzene rings is 2. The van der Waals surface area contributed by atoms with Gasteiger partial charge in [0.25, 0.3) is 0 Å². The third-order valence-corrected chi connectivity index (χ3v) is 2.90. The van der Waals surface area contributed by atoms with Crippen molar-refractivity contribution in [3.8, 4) is 17.2 Å². The molecule has 1 N–H and O–H groups in total. The van der Waals surface area contributed by atoms with Gasteiger partial charge in [-0.15, -0.1) is 0 Å². The van der Waals surface area contributed by atoms with E-state index >= 15 is 0 Å². The fourth-order valence-electron chi connectivity index (χ4n) is 1.67. The summed E-state index contributed by atoms with van der Waals surface area (Å²) in [6.07, 6.45) is 2.50. The second kappa shape index (κ2) is 6.81. The minimum absolute atomic E-state index is 0.477. The third-order valence-electron chi connectivity index (χ3n) is 2.67. The van der Waals surface area contributed by atoms with Crippen LogP contribution in [0.3, 0.4) is 0 Å². The first kappa shape index (κ1) is 14.9. The van der Waals surface area contributed by atoms with E-state index in [2.05, 4.69) is 0 Å². The average molecular weight is 305 g/mol. The highest BCUT2D eigenvalue weighted by molar-refractivity contribution is 6.30. The third kappa shape index (κ3) is 4.26. The van der Waals surface area contributed by atoms with E-state index in [0.29, 0.717) is 22.1 Å². The van der Waals surface area contributed by atoms with Crippen molar-refractivity contribution in [2.45, 2.75) is 0 Å². The zero-order valence-electron chi connectivity index (χ0n) is 11.2. The Morgan fingerprint density at radius 3 is 2.43 bits per heavy atom. The van der Waals surface area contributed by atoms with Crippen LogP contribution in [0.4, 0.5) is 0 Å². The highest BCUT2D eigenvalue weighted by Crippen LogP contribution is 2.30. The summed E-state index contributed by atoms with van der Waals surface area (Å²) in [6.45, 7) is 0. The summed E-state index contributed by atoms with van der Waals surface area (Å²) in [7, 11) is 1.58. The highest BCUT2D eigenvalue weighted by atomic mass is 35.5. The van der Waals surface area contributed by atoms with E-state index in [0.717, 1.165) is 11.8 Å². The van der Waals surface area contributed by atoms with Crippen LogP contribution in [-0.2, 0) is 4.79 Å². The Morgan fingerprint density at radius 2 is 1.81 bits per heavy atom. The molecule has 108 valence electrons. The number of hydrogen-bond acceptors (Lipinski definition) is 3. The van der Waals surface area contributed by atoms with Crippen molar-refractivity contribution < 1.29 is 19.4 Å². The van der Waals surface area contributed by atoms with E-state index in [1.807, 2.05) is 0 Å². The minimum Gasteiger partial charge on any atom is -0.497 e. The quantitative estimate of drug-likeness (QED) is 0.839. The number of carboxylic acids is 1. The smallest absolute Gasteiger partial charge is 0.328 e. The Bertz CT molecular complexity index is 662. The monoisotopic (exact) mass is 304 g/mol. The Hall–Kier alpha value is -2.46. The number of ether oxygens (including phenoxy) is 2. The predicted molar refractivity (Wildman–Crippen MR) is 81.2 cm³/mol. The lowest BCUT2D eigenvalue weighted by atomic mass is 10.2. The molecule has 0 fully saturated rings. The normalized spacial score (nSPS) is 10.6. The van der Waals surface area contributed by atoms with Gasteiger partial charge in [0.05, 0.1) is 7.11 Å². The van der Waals surface area contributed by atoms with Gasteiger partial charge in [0.2, 0.25) is 0 Å². The fraction of sp³-hybridized carbons (Fsp3) is 0.0625. The number of halogens is 1. The van der Waals surface area contributed by atoms with Gasteiger partial charge in [0, 0.05) is 22.7 Å². The largest absolute Gasteiger partial charge is 0.497 e. The molecule has 0 spiro atoms. The molecule has 0 radical (unpaired) electrons. The van der Waals surface area contributed by atoms with Crippen molar-refractivity contribution >= 4 is 23.6 Å². The van der Waals surface area contributed by atoms with Crippen molar-refractivity contribution in [1.29, 1.82) is 0 Å². The van der Waals surface area contributed by atoms with Gasteiger partial charge < -0.3 is 14.6 Å². The maximum Gasteiger partial charge on any atom is 0.328 e. The molecule has 0 aromatic heterocycles. The van der Waals surface area contributed by atoms with Crippen LogP contribution in [0.2, 0.25) is 5.02 Å².